The zero-order valence-corrected chi connectivity index (χ0v) is 15.2. The van der Waals surface area contributed by atoms with E-state index >= 15 is 0 Å². The van der Waals surface area contributed by atoms with Crippen LogP contribution in [0.2, 0.25) is 0 Å². The Morgan fingerprint density at radius 3 is 2.54 bits per heavy atom. The van der Waals surface area contributed by atoms with Gasteiger partial charge in [0.25, 0.3) is 0 Å². The molecule has 1 heterocycles. The molecule has 1 aliphatic heterocycles. The molecule has 1 aliphatic rings. The molecule has 0 saturated heterocycles. The molecule has 0 radical (unpaired) electrons. The summed E-state index contributed by atoms with van der Waals surface area (Å²) in [4.78, 5) is 37.7. The second kappa shape index (κ2) is 7.21. The van der Waals surface area contributed by atoms with E-state index in [1.165, 1.54) is 11.8 Å². The maximum atomic E-state index is 12.7. The van der Waals surface area contributed by atoms with Crippen LogP contribution in [0.15, 0.2) is 53.4 Å². The minimum atomic E-state index is -1.30. The van der Waals surface area contributed by atoms with Crippen molar-refractivity contribution >= 4 is 40.9 Å². The van der Waals surface area contributed by atoms with Crippen molar-refractivity contribution in [3.05, 3.63) is 54.1 Å². The fourth-order valence-electron chi connectivity index (χ4n) is 2.47. The van der Waals surface area contributed by atoms with Gasteiger partial charge in [-0.05, 0) is 50.2 Å². The van der Waals surface area contributed by atoms with Crippen LogP contribution < -0.4 is 10.6 Å². The first-order chi connectivity index (χ1) is 12.4. The number of hydrogen-bond donors (Lipinski definition) is 2. The van der Waals surface area contributed by atoms with Crippen molar-refractivity contribution in [3.63, 3.8) is 0 Å². The number of hydrogen-bond acceptors (Lipinski definition) is 5. The fourth-order valence-corrected chi connectivity index (χ4v) is 3.57. The highest BCUT2D eigenvalue weighted by Gasteiger charge is 2.45. The summed E-state index contributed by atoms with van der Waals surface area (Å²) in [5.41, 5.74) is 1.60. The number of esters is 1. The van der Waals surface area contributed by atoms with Crippen LogP contribution in [0.4, 0.5) is 11.4 Å². The Morgan fingerprint density at radius 1 is 1.15 bits per heavy atom. The van der Waals surface area contributed by atoms with Crippen LogP contribution in [0.5, 0.6) is 0 Å². The topological polar surface area (TPSA) is 84.5 Å². The lowest BCUT2D eigenvalue weighted by molar-refractivity contribution is -0.126. The molecule has 2 amide bonds. The summed E-state index contributed by atoms with van der Waals surface area (Å²) < 4.78 is 3.63. The fraction of sp³-hybridized carbons (Fsp3) is 0.211. The molecule has 1 unspecified atom stereocenters. The van der Waals surface area contributed by atoms with E-state index in [1.54, 1.807) is 44.2 Å². The first kappa shape index (κ1) is 18.0. The quantitative estimate of drug-likeness (QED) is 0.637. The van der Waals surface area contributed by atoms with Crippen LogP contribution in [0.3, 0.4) is 0 Å². The molecule has 26 heavy (non-hydrogen) atoms. The smallest absolute Gasteiger partial charge is 0.338 e. The predicted molar refractivity (Wildman–Crippen MR) is 100 cm³/mol. The molecule has 1 atom stereocenters. The number of amides is 2. The molecule has 2 N–H and O–H groups in total. The van der Waals surface area contributed by atoms with Gasteiger partial charge in [0, 0.05) is 10.6 Å². The summed E-state index contributed by atoms with van der Waals surface area (Å²) in [6.45, 7) is 3.62. The van der Waals surface area contributed by atoms with Gasteiger partial charge in [-0.3, -0.25) is 9.59 Å². The molecule has 0 bridgehead atoms. The van der Waals surface area contributed by atoms with E-state index in [1.807, 2.05) is 18.2 Å². The van der Waals surface area contributed by atoms with Crippen LogP contribution in [0.1, 0.15) is 24.2 Å². The van der Waals surface area contributed by atoms with E-state index in [4.69, 9.17) is 4.74 Å². The summed E-state index contributed by atoms with van der Waals surface area (Å²) in [6, 6.07) is 13.7. The molecule has 134 valence electrons. The van der Waals surface area contributed by atoms with Crippen LogP contribution in [0.25, 0.3) is 0 Å². The molecule has 6 nitrogen and oxygen atoms in total. The average Bonchev–Trinajstić information content (AvgIpc) is 2.63. The average molecular weight is 370 g/mol. The molecule has 0 saturated carbocycles. The number of benzene rings is 2. The maximum Gasteiger partial charge on any atom is 0.338 e. The van der Waals surface area contributed by atoms with Crippen molar-refractivity contribution < 1.29 is 19.1 Å². The van der Waals surface area contributed by atoms with Gasteiger partial charge in [-0.1, -0.05) is 23.9 Å². The Morgan fingerprint density at radius 2 is 1.85 bits per heavy atom. The third-order valence-corrected chi connectivity index (χ3v) is 5.32. The van der Waals surface area contributed by atoms with Gasteiger partial charge in [0.1, 0.15) is 0 Å². The Kier molecular flexibility index (Phi) is 4.99. The first-order valence-corrected chi connectivity index (χ1v) is 8.94. The van der Waals surface area contributed by atoms with Gasteiger partial charge in [0.2, 0.25) is 11.8 Å². The summed E-state index contributed by atoms with van der Waals surface area (Å²) in [6.07, 6.45) is 0. The molecule has 0 aliphatic carbocycles. The normalized spacial score (nSPS) is 18.5. The number of nitrogens with one attached hydrogen (secondary N) is 2. The highest BCUT2D eigenvalue weighted by molar-refractivity contribution is 8.02. The van der Waals surface area contributed by atoms with Crippen molar-refractivity contribution in [1.82, 2.24) is 0 Å². The Balaban J connectivity index is 1.75. The molecule has 2 aromatic rings. The summed E-state index contributed by atoms with van der Waals surface area (Å²) in [5.74, 6) is -1.23. The number of rotatable bonds is 4. The van der Waals surface area contributed by atoms with E-state index < -0.39 is 16.6 Å². The van der Waals surface area contributed by atoms with Gasteiger partial charge in [0.15, 0.2) is 4.75 Å². The lowest BCUT2D eigenvalue weighted by atomic mass is 10.1. The standard InChI is InChI=1S/C19H18N2O4S/c1-3-25-16(22)12-8-10-13(11-9-12)20-17(23)19(2)18(24)21-14-6-4-5-7-15(14)26-19/h4-11H,3H2,1-2H3,(H,20,23)(H,21,24). The van der Waals surface area contributed by atoms with E-state index in [0.717, 1.165) is 4.90 Å². The zero-order chi connectivity index (χ0) is 18.7. The number of para-hydroxylation sites is 1. The van der Waals surface area contributed by atoms with Gasteiger partial charge < -0.3 is 15.4 Å². The lowest BCUT2D eigenvalue weighted by Gasteiger charge is -2.31. The number of ether oxygens (including phenoxy) is 1. The minimum Gasteiger partial charge on any atom is -0.462 e. The Labute approximate surface area is 155 Å². The number of thioether (sulfide) groups is 1. The van der Waals surface area contributed by atoms with Crippen molar-refractivity contribution in [3.8, 4) is 0 Å². The highest BCUT2D eigenvalue weighted by Crippen LogP contribution is 2.42. The number of carbonyl (C=O) groups is 3. The predicted octanol–water partition coefficient (Wildman–Crippen LogP) is 3.30. The first-order valence-electron chi connectivity index (χ1n) is 8.12. The van der Waals surface area contributed by atoms with Gasteiger partial charge in [-0.2, -0.15) is 0 Å². The summed E-state index contributed by atoms with van der Waals surface area (Å²) in [5, 5.41) is 5.51. The molecule has 0 aromatic heterocycles. The van der Waals surface area contributed by atoms with E-state index in [-0.39, 0.29) is 5.91 Å². The van der Waals surface area contributed by atoms with Crippen molar-refractivity contribution in [2.45, 2.75) is 23.5 Å². The second-order valence-electron chi connectivity index (χ2n) is 5.84. The second-order valence-corrected chi connectivity index (χ2v) is 7.30. The van der Waals surface area contributed by atoms with Crippen LogP contribution in [-0.2, 0) is 14.3 Å². The van der Waals surface area contributed by atoms with Crippen LogP contribution in [-0.4, -0.2) is 29.1 Å². The molecular weight excluding hydrogens is 352 g/mol. The van der Waals surface area contributed by atoms with Gasteiger partial charge in [-0.25, -0.2) is 4.79 Å². The molecule has 3 rings (SSSR count). The SMILES string of the molecule is CCOC(=O)c1ccc(NC(=O)C2(C)Sc3ccccc3NC2=O)cc1. The zero-order valence-electron chi connectivity index (χ0n) is 14.4. The number of anilines is 2. The van der Waals surface area contributed by atoms with Crippen molar-refractivity contribution in [2.75, 3.05) is 17.2 Å². The van der Waals surface area contributed by atoms with Crippen molar-refractivity contribution in [2.24, 2.45) is 0 Å². The van der Waals surface area contributed by atoms with Crippen molar-refractivity contribution in [1.29, 1.82) is 0 Å². The maximum absolute atomic E-state index is 12.7. The van der Waals surface area contributed by atoms with Crippen LogP contribution >= 0.6 is 11.8 Å². The Hall–Kier alpha value is -2.80. The molecule has 0 fully saturated rings. The van der Waals surface area contributed by atoms with Gasteiger partial charge >= 0.3 is 5.97 Å². The van der Waals surface area contributed by atoms with Crippen LogP contribution in [0, 0.1) is 0 Å². The van der Waals surface area contributed by atoms with E-state index in [9.17, 15) is 14.4 Å². The van der Waals surface area contributed by atoms with E-state index in [0.29, 0.717) is 23.5 Å². The van der Waals surface area contributed by atoms with Gasteiger partial charge in [0.05, 0.1) is 17.9 Å². The number of carbonyl (C=O) groups excluding carboxylic acids is 3. The van der Waals surface area contributed by atoms with Gasteiger partial charge in [-0.15, -0.1) is 0 Å². The molecule has 0 spiro atoms. The van der Waals surface area contributed by atoms with E-state index in [2.05, 4.69) is 10.6 Å². The third-order valence-electron chi connectivity index (χ3n) is 3.97. The highest BCUT2D eigenvalue weighted by atomic mass is 32.2. The summed E-state index contributed by atoms with van der Waals surface area (Å²) in [7, 11) is 0. The number of fused-ring (bicyclic) bond motifs is 1. The Bertz CT molecular complexity index is 866. The molecule has 2 aromatic carbocycles. The third kappa shape index (κ3) is 3.43. The monoisotopic (exact) mass is 370 g/mol. The largest absolute Gasteiger partial charge is 0.462 e. The molecular formula is C19H18N2O4S. The molecule has 7 heteroatoms. The lowest BCUT2D eigenvalue weighted by Crippen LogP contribution is -2.49. The summed E-state index contributed by atoms with van der Waals surface area (Å²) >= 11 is 1.21. The minimum absolute atomic E-state index is 0.295.